The molecule has 1 aromatic heterocycles. The Hall–Kier alpha value is -3.29. The molecule has 32 heavy (non-hydrogen) atoms. The SMILES string of the molecule is COCCOCn1nnc(-c2cc(Oc3ccc(C(F)(F)F)cc3Cl)ccc2[N+](=O)[O-])n1. The lowest BCUT2D eigenvalue weighted by molar-refractivity contribution is -0.384. The molecule has 2 aromatic carbocycles. The summed E-state index contributed by atoms with van der Waals surface area (Å²) in [6.07, 6.45) is -4.56. The van der Waals surface area contributed by atoms with Gasteiger partial charge in [-0.25, -0.2) is 0 Å². The number of alkyl halides is 3. The van der Waals surface area contributed by atoms with Gasteiger partial charge in [0, 0.05) is 13.2 Å². The number of halogens is 4. The quantitative estimate of drug-likeness (QED) is 0.256. The number of hydrogen-bond acceptors (Lipinski definition) is 8. The molecule has 10 nitrogen and oxygen atoms in total. The number of nitrogens with zero attached hydrogens (tertiary/aromatic N) is 5. The molecule has 0 aliphatic rings. The van der Waals surface area contributed by atoms with Gasteiger partial charge in [0.1, 0.15) is 17.1 Å². The van der Waals surface area contributed by atoms with Crippen LogP contribution >= 0.6 is 11.6 Å². The molecule has 0 saturated carbocycles. The summed E-state index contributed by atoms with van der Waals surface area (Å²) < 4.78 is 54.0. The minimum absolute atomic E-state index is 0.0151. The maximum atomic E-state index is 12.8. The lowest BCUT2D eigenvalue weighted by atomic mass is 10.1. The first-order chi connectivity index (χ1) is 15.2. The van der Waals surface area contributed by atoms with Gasteiger partial charge in [0.2, 0.25) is 5.82 Å². The van der Waals surface area contributed by atoms with E-state index in [1.165, 1.54) is 19.2 Å². The zero-order valence-corrected chi connectivity index (χ0v) is 17.1. The largest absolute Gasteiger partial charge is 0.456 e. The highest BCUT2D eigenvalue weighted by Gasteiger charge is 2.31. The topological polar surface area (TPSA) is 114 Å². The third-order valence-corrected chi connectivity index (χ3v) is 4.28. The lowest BCUT2D eigenvalue weighted by Gasteiger charge is -2.11. The molecule has 0 amide bonds. The van der Waals surface area contributed by atoms with Crippen molar-refractivity contribution in [2.45, 2.75) is 12.9 Å². The fourth-order valence-electron chi connectivity index (χ4n) is 2.50. The highest BCUT2D eigenvalue weighted by atomic mass is 35.5. The van der Waals surface area contributed by atoms with Gasteiger partial charge in [0.25, 0.3) is 5.69 Å². The maximum absolute atomic E-state index is 12.8. The molecule has 0 radical (unpaired) electrons. The second-order valence-corrected chi connectivity index (χ2v) is 6.60. The molecule has 0 aliphatic heterocycles. The van der Waals surface area contributed by atoms with Crippen LogP contribution in [0, 0.1) is 10.1 Å². The van der Waals surface area contributed by atoms with Crippen molar-refractivity contribution in [3.8, 4) is 22.9 Å². The molecule has 0 fully saturated rings. The van der Waals surface area contributed by atoms with Crippen LogP contribution in [0.25, 0.3) is 11.4 Å². The van der Waals surface area contributed by atoms with Crippen LogP contribution in [0.1, 0.15) is 5.56 Å². The first-order valence-electron chi connectivity index (χ1n) is 8.87. The summed E-state index contributed by atoms with van der Waals surface area (Å²) in [6, 6.07) is 6.27. The molecule has 3 aromatic rings. The Morgan fingerprint density at radius 2 is 1.97 bits per heavy atom. The number of nitro groups is 1. The third kappa shape index (κ3) is 5.69. The zero-order chi connectivity index (χ0) is 23.3. The summed E-state index contributed by atoms with van der Waals surface area (Å²) in [4.78, 5) is 11.9. The van der Waals surface area contributed by atoms with Crippen molar-refractivity contribution in [2.75, 3.05) is 20.3 Å². The lowest BCUT2D eigenvalue weighted by Crippen LogP contribution is -2.09. The number of aromatic nitrogens is 4. The van der Waals surface area contributed by atoms with Crippen LogP contribution in [-0.4, -0.2) is 45.5 Å². The van der Waals surface area contributed by atoms with Crippen LogP contribution in [-0.2, 0) is 22.4 Å². The first-order valence-corrected chi connectivity index (χ1v) is 9.24. The summed E-state index contributed by atoms with van der Waals surface area (Å²) in [5.74, 6) is -0.0708. The number of tetrazole rings is 1. The van der Waals surface area contributed by atoms with E-state index < -0.39 is 16.7 Å². The summed E-state index contributed by atoms with van der Waals surface area (Å²) in [5, 5.41) is 22.7. The smallest absolute Gasteiger partial charge is 0.416 e. The fourth-order valence-corrected chi connectivity index (χ4v) is 2.72. The molecule has 0 N–H and O–H groups in total. The fraction of sp³-hybridized carbons (Fsp3) is 0.278. The van der Waals surface area contributed by atoms with E-state index in [0.717, 1.165) is 29.1 Å². The minimum Gasteiger partial charge on any atom is -0.456 e. The zero-order valence-electron chi connectivity index (χ0n) is 16.4. The second kappa shape index (κ2) is 9.89. The van der Waals surface area contributed by atoms with Crippen molar-refractivity contribution < 1.29 is 32.3 Å². The van der Waals surface area contributed by atoms with E-state index in [1.54, 1.807) is 0 Å². The van der Waals surface area contributed by atoms with E-state index >= 15 is 0 Å². The number of nitro benzene ring substituents is 1. The van der Waals surface area contributed by atoms with Gasteiger partial charge in [-0.3, -0.25) is 10.1 Å². The van der Waals surface area contributed by atoms with Crippen molar-refractivity contribution in [2.24, 2.45) is 0 Å². The highest BCUT2D eigenvalue weighted by Crippen LogP contribution is 2.38. The summed E-state index contributed by atoms with van der Waals surface area (Å²) in [6.45, 7) is 0.588. The van der Waals surface area contributed by atoms with Crippen LogP contribution in [0.2, 0.25) is 5.02 Å². The molecule has 1 heterocycles. The standard InChI is InChI=1S/C18H15ClF3N5O5/c1-30-6-7-31-10-26-24-17(23-25-26)13-9-12(3-4-15(13)27(28)29)32-16-5-2-11(8-14(16)19)18(20,21)22/h2-5,8-9H,6-7,10H2,1H3. The number of rotatable bonds is 9. The van der Waals surface area contributed by atoms with Gasteiger partial charge in [-0.05, 0) is 35.5 Å². The third-order valence-electron chi connectivity index (χ3n) is 3.98. The van der Waals surface area contributed by atoms with Crippen molar-refractivity contribution >= 4 is 17.3 Å². The highest BCUT2D eigenvalue weighted by molar-refractivity contribution is 6.32. The molecule has 3 rings (SSSR count). The van der Waals surface area contributed by atoms with Gasteiger partial charge >= 0.3 is 6.18 Å². The minimum atomic E-state index is -4.56. The Kier molecular flexibility index (Phi) is 7.22. The summed E-state index contributed by atoms with van der Waals surface area (Å²) >= 11 is 5.90. The van der Waals surface area contributed by atoms with E-state index in [-0.39, 0.29) is 46.9 Å². The second-order valence-electron chi connectivity index (χ2n) is 6.20. The Bertz CT molecular complexity index is 1110. The Morgan fingerprint density at radius 3 is 2.62 bits per heavy atom. The number of ether oxygens (including phenoxy) is 3. The number of methoxy groups -OCH3 is 1. The molecule has 14 heteroatoms. The van der Waals surface area contributed by atoms with Crippen LogP contribution in [0.15, 0.2) is 36.4 Å². The van der Waals surface area contributed by atoms with Crippen LogP contribution < -0.4 is 4.74 Å². The summed E-state index contributed by atoms with van der Waals surface area (Å²) in [7, 11) is 1.52. The normalized spacial score (nSPS) is 11.5. The molecule has 0 saturated heterocycles. The molecule has 0 bridgehead atoms. The summed E-state index contributed by atoms with van der Waals surface area (Å²) in [5.41, 5.74) is -1.28. The van der Waals surface area contributed by atoms with Crippen molar-refractivity contribution in [3.63, 3.8) is 0 Å². The van der Waals surface area contributed by atoms with Crippen LogP contribution in [0.4, 0.5) is 18.9 Å². The average Bonchev–Trinajstić information content (AvgIpc) is 3.20. The molecular weight excluding hydrogens is 459 g/mol. The van der Waals surface area contributed by atoms with E-state index in [4.69, 9.17) is 25.8 Å². The van der Waals surface area contributed by atoms with Crippen molar-refractivity contribution in [1.82, 2.24) is 20.2 Å². The number of hydrogen-bond donors (Lipinski definition) is 0. The Morgan fingerprint density at radius 1 is 1.19 bits per heavy atom. The molecule has 170 valence electrons. The average molecular weight is 474 g/mol. The van der Waals surface area contributed by atoms with Gasteiger partial charge < -0.3 is 14.2 Å². The molecule has 0 atom stereocenters. The molecular formula is C18H15ClF3N5O5. The van der Waals surface area contributed by atoms with Crippen LogP contribution in [0.5, 0.6) is 11.5 Å². The van der Waals surface area contributed by atoms with E-state index in [9.17, 15) is 23.3 Å². The number of benzene rings is 2. The van der Waals surface area contributed by atoms with Gasteiger partial charge in [-0.15, -0.1) is 15.0 Å². The first kappa shape index (κ1) is 23.4. The predicted octanol–water partition coefficient (Wildman–Crippen LogP) is 4.33. The van der Waals surface area contributed by atoms with Crippen LogP contribution in [0.3, 0.4) is 0 Å². The maximum Gasteiger partial charge on any atom is 0.416 e. The molecule has 0 spiro atoms. The monoisotopic (exact) mass is 473 g/mol. The van der Waals surface area contributed by atoms with E-state index in [1.807, 2.05) is 0 Å². The van der Waals surface area contributed by atoms with Crippen molar-refractivity contribution in [3.05, 3.63) is 57.1 Å². The molecule has 0 unspecified atom stereocenters. The van der Waals surface area contributed by atoms with E-state index in [0.29, 0.717) is 6.61 Å². The predicted molar refractivity (Wildman–Crippen MR) is 104 cm³/mol. The molecule has 0 aliphatic carbocycles. The van der Waals surface area contributed by atoms with E-state index in [2.05, 4.69) is 15.4 Å². The van der Waals surface area contributed by atoms with Gasteiger partial charge in [-0.1, -0.05) is 11.6 Å². The van der Waals surface area contributed by atoms with Gasteiger partial charge in [0.05, 0.1) is 28.7 Å². The van der Waals surface area contributed by atoms with Gasteiger partial charge in [-0.2, -0.15) is 13.2 Å². The van der Waals surface area contributed by atoms with Gasteiger partial charge in [0.15, 0.2) is 6.73 Å². The Labute approximate surface area is 183 Å². The van der Waals surface area contributed by atoms with Crippen molar-refractivity contribution in [1.29, 1.82) is 0 Å². The Balaban J connectivity index is 1.86.